The van der Waals surface area contributed by atoms with Crippen LogP contribution in [0, 0.1) is 0 Å². The molecule has 0 radical (unpaired) electrons. The molecule has 0 aliphatic heterocycles. The zero-order valence-corrected chi connectivity index (χ0v) is 11.7. The molecule has 17 heavy (non-hydrogen) atoms. The van der Waals surface area contributed by atoms with Crippen LogP contribution in [0.3, 0.4) is 0 Å². The Morgan fingerprint density at radius 1 is 1.29 bits per heavy atom. The second-order valence-corrected chi connectivity index (χ2v) is 4.31. The van der Waals surface area contributed by atoms with Crippen molar-refractivity contribution >= 4 is 6.09 Å². The van der Waals surface area contributed by atoms with Crippen LogP contribution in [-0.4, -0.2) is 18.2 Å². The van der Waals surface area contributed by atoms with E-state index < -0.39 is 0 Å². The maximum atomic E-state index is 11.4. The molecule has 0 aromatic carbocycles. The molecule has 0 saturated heterocycles. The minimum atomic E-state index is -0.278. The molecule has 0 aromatic rings. The number of hydrogen-bond acceptors (Lipinski definition) is 2. The Balaban J connectivity index is 0. The molecular formula is C14H29NO2. The van der Waals surface area contributed by atoms with Crippen LogP contribution in [0.5, 0.6) is 0 Å². The van der Waals surface area contributed by atoms with Crippen molar-refractivity contribution in [3.8, 4) is 0 Å². The third kappa shape index (κ3) is 8.78. The number of nitrogens with one attached hydrogen (secondary N) is 1. The first-order chi connectivity index (χ1) is 8.18. The van der Waals surface area contributed by atoms with Gasteiger partial charge in [-0.1, -0.05) is 26.0 Å². The minimum absolute atomic E-state index is 0. The highest BCUT2D eigenvalue weighted by Gasteiger charge is 2.14. The SMILES string of the molecule is CC.CC(C)NC(=O)OC1CC/C=C/CCC1.[HH]. The van der Waals surface area contributed by atoms with E-state index in [1.807, 2.05) is 27.7 Å². The van der Waals surface area contributed by atoms with Crippen molar-refractivity contribution in [1.82, 2.24) is 5.32 Å². The lowest BCUT2D eigenvalue weighted by molar-refractivity contribution is 0.0846. The van der Waals surface area contributed by atoms with E-state index in [0.717, 1.165) is 32.1 Å². The fourth-order valence-corrected chi connectivity index (χ4v) is 1.66. The zero-order valence-electron chi connectivity index (χ0n) is 11.7. The van der Waals surface area contributed by atoms with Crippen LogP contribution in [0.4, 0.5) is 4.79 Å². The quantitative estimate of drug-likeness (QED) is 0.735. The first-order valence-corrected chi connectivity index (χ1v) is 6.80. The van der Waals surface area contributed by atoms with Gasteiger partial charge in [-0.05, 0) is 46.0 Å². The lowest BCUT2D eigenvalue weighted by Crippen LogP contribution is -2.33. The molecule has 0 bridgehead atoms. The molecule has 3 nitrogen and oxygen atoms in total. The molecule has 102 valence electrons. The Kier molecular flexibility index (Phi) is 9.59. The first kappa shape index (κ1) is 16.0. The maximum absolute atomic E-state index is 11.4. The number of carbonyl (C=O) groups excluding carboxylic acids is 1. The summed E-state index contributed by atoms with van der Waals surface area (Å²) in [7, 11) is 0. The molecule has 1 unspecified atom stereocenters. The molecule has 3 heteroatoms. The molecule has 1 N–H and O–H groups in total. The maximum Gasteiger partial charge on any atom is 0.407 e. The highest BCUT2D eigenvalue weighted by Crippen LogP contribution is 2.15. The van der Waals surface area contributed by atoms with Gasteiger partial charge in [0.1, 0.15) is 6.10 Å². The van der Waals surface area contributed by atoms with Crippen molar-refractivity contribution in [1.29, 1.82) is 0 Å². The predicted octanol–water partition coefficient (Wildman–Crippen LogP) is 4.28. The lowest BCUT2D eigenvalue weighted by Gasteiger charge is -2.19. The van der Waals surface area contributed by atoms with E-state index in [0.29, 0.717) is 0 Å². The highest BCUT2D eigenvalue weighted by molar-refractivity contribution is 5.67. The molecule has 0 fully saturated rings. The average molecular weight is 243 g/mol. The smallest absolute Gasteiger partial charge is 0.407 e. The molecule has 1 aliphatic carbocycles. The van der Waals surface area contributed by atoms with Crippen LogP contribution >= 0.6 is 0 Å². The van der Waals surface area contributed by atoms with Gasteiger partial charge in [-0.3, -0.25) is 0 Å². The Hall–Kier alpha value is -0.990. The van der Waals surface area contributed by atoms with Crippen molar-refractivity contribution in [3.63, 3.8) is 0 Å². The topological polar surface area (TPSA) is 38.3 Å². The number of ether oxygens (including phenoxy) is 1. The Labute approximate surface area is 107 Å². The largest absolute Gasteiger partial charge is 0.446 e. The lowest BCUT2D eigenvalue weighted by atomic mass is 10.0. The van der Waals surface area contributed by atoms with Gasteiger partial charge in [0.15, 0.2) is 0 Å². The van der Waals surface area contributed by atoms with Gasteiger partial charge in [-0.2, -0.15) is 0 Å². The number of hydrogen-bond donors (Lipinski definition) is 1. The van der Waals surface area contributed by atoms with Crippen molar-refractivity contribution < 1.29 is 11.0 Å². The molecular weight excluding hydrogens is 214 g/mol. The molecule has 1 rings (SSSR count). The summed E-state index contributed by atoms with van der Waals surface area (Å²) in [5.74, 6) is 0. The zero-order chi connectivity index (χ0) is 13.1. The van der Waals surface area contributed by atoms with Crippen molar-refractivity contribution in [2.24, 2.45) is 0 Å². The predicted molar refractivity (Wildman–Crippen MR) is 74.2 cm³/mol. The Morgan fingerprint density at radius 2 is 1.94 bits per heavy atom. The third-order valence-corrected chi connectivity index (χ3v) is 2.40. The van der Waals surface area contributed by atoms with Gasteiger partial charge in [0.05, 0.1) is 0 Å². The van der Waals surface area contributed by atoms with E-state index >= 15 is 0 Å². The Bertz CT molecular complexity index is 230. The van der Waals surface area contributed by atoms with Gasteiger partial charge in [0.25, 0.3) is 0 Å². The summed E-state index contributed by atoms with van der Waals surface area (Å²) in [6.45, 7) is 7.87. The normalized spacial score (nSPS) is 21.6. The summed E-state index contributed by atoms with van der Waals surface area (Å²) in [5.41, 5.74) is 0. The van der Waals surface area contributed by atoms with E-state index in [1.54, 1.807) is 0 Å². The summed E-state index contributed by atoms with van der Waals surface area (Å²) >= 11 is 0. The molecule has 1 amide bonds. The van der Waals surface area contributed by atoms with Gasteiger partial charge in [-0.25, -0.2) is 4.79 Å². The number of alkyl carbamates (subject to hydrolysis) is 1. The summed E-state index contributed by atoms with van der Waals surface area (Å²) in [6.07, 6.45) is 9.35. The van der Waals surface area contributed by atoms with Gasteiger partial charge in [0, 0.05) is 7.47 Å². The van der Waals surface area contributed by atoms with E-state index in [9.17, 15) is 4.79 Å². The van der Waals surface area contributed by atoms with E-state index in [2.05, 4.69) is 17.5 Å². The monoisotopic (exact) mass is 243 g/mol. The Morgan fingerprint density at radius 3 is 2.59 bits per heavy atom. The highest BCUT2D eigenvalue weighted by atomic mass is 16.6. The van der Waals surface area contributed by atoms with Crippen LogP contribution in [0.15, 0.2) is 12.2 Å². The van der Waals surface area contributed by atoms with Crippen LogP contribution in [-0.2, 0) is 4.74 Å². The van der Waals surface area contributed by atoms with Crippen molar-refractivity contribution in [2.45, 2.75) is 71.9 Å². The molecule has 0 aromatic heterocycles. The fraction of sp³-hybridized carbons (Fsp3) is 0.786. The van der Waals surface area contributed by atoms with Gasteiger partial charge in [-0.15, -0.1) is 0 Å². The van der Waals surface area contributed by atoms with Crippen LogP contribution < -0.4 is 5.32 Å². The van der Waals surface area contributed by atoms with Gasteiger partial charge < -0.3 is 10.1 Å². The average Bonchev–Trinajstić information content (AvgIpc) is 2.23. The molecule has 0 heterocycles. The van der Waals surface area contributed by atoms with Crippen molar-refractivity contribution in [2.75, 3.05) is 0 Å². The second kappa shape index (κ2) is 10.2. The van der Waals surface area contributed by atoms with Crippen LogP contribution in [0.2, 0.25) is 0 Å². The number of allylic oxidation sites excluding steroid dienone is 2. The van der Waals surface area contributed by atoms with Gasteiger partial charge in [0.2, 0.25) is 0 Å². The molecule has 0 spiro atoms. The van der Waals surface area contributed by atoms with E-state index in [-0.39, 0.29) is 19.7 Å². The number of rotatable bonds is 2. The number of carbonyl (C=O) groups is 1. The van der Waals surface area contributed by atoms with E-state index in [4.69, 9.17) is 4.74 Å². The summed E-state index contributed by atoms with van der Waals surface area (Å²) in [4.78, 5) is 11.4. The van der Waals surface area contributed by atoms with E-state index in [1.165, 1.54) is 0 Å². The summed E-state index contributed by atoms with van der Waals surface area (Å²) in [5, 5.41) is 2.75. The minimum Gasteiger partial charge on any atom is -0.446 e. The summed E-state index contributed by atoms with van der Waals surface area (Å²) in [6, 6.07) is 0.144. The summed E-state index contributed by atoms with van der Waals surface area (Å²) < 4.78 is 5.35. The molecule has 1 atom stereocenters. The number of amides is 1. The van der Waals surface area contributed by atoms with Crippen LogP contribution in [0.25, 0.3) is 0 Å². The molecule has 1 aliphatic rings. The first-order valence-electron chi connectivity index (χ1n) is 6.80. The fourth-order valence-electron chi connectivity index (χ4n) is 1.66. The van der Waals surface area contributed by atoms with Crippen molar-refractivity contribution in [3.05, 3.63) is 12.2 Å². The standard InChI is InChI=1S/C12H21NO2.C2H6.H2/c1-10(2)13-12(14)15-11-8-6-4-3-5-7-9-11;1-2;/h3-4,10-11H,5-9H2,1-2H3,(H,13,14);1-2H3;1H/b4-3+;;. The third-order valence-electron chi connectivity index (χ3n) is 2.40. The second-order valence-electron chi connectivity index (χ2n) is 4.31. The van der Waals surface area contributed by atoms with Gasteiger partial charge >= 0.3 is 6.09 Å². The van der Waals surface area contributed by atoms with Crippen LogP contribution in [0.1, 0.15) is 61.2 Å². The molecule has 0 saturated carbocycles.